The number of rotatable bonds is 7. The van der Waals surface area contributed by atoms with Gasteiger partial charge >= 0.3 is 5.97 Å². The number of benzene rings is 1. The van der Waals surface area contributed by atoms with Crippen molar-refractivity contribution >= 4 is 11.7 Å². The van der Waals surface area contributed by atoms with E-state index in [1.165, 1.54) is 11.3 Å². The molecule has 3 nitrogen and oxygen atoms in total. The number of hydrogen-bond acceptors (Lipinski definition) is 2. The highest BCUT2D eigenvalue weighted by atomic mass is 16.4. The third-order valence-electron chi connectivity index (χ3n) is 3.31. The molecule has 1 atom stereocenters. The molecule has 0 amide bonds. The maximum atomic E-state index is 11.1. The molecule has 1 aromatic rings. The monoisotopic (exact) mass is 263 g/mol. The molecule has 0 fully saturated rings. The zero-order valence-corrected chi connectivity index (χ0v) is 12.4. The fourth-order valence-corrected chi connectivity index (χ4v) is 2.25. The molecule has 3 heteroatoms. The lowest BCUT2D eigenvalue weighted by Gasteiger charge is -2.29. The summed E-state index contributed by atoms with van der Waals surface area (Å²) in [5.41, 5.74) is 2.46. The maximum absolute atomic E-state index is 11.1. The molecule has 0 heterocycles. The summed E-state index contributed by atoms with van der Waals surface area (Å²) in [7, 11) is 0. The minimum atomic E-state index is -0.733. The van der Waals surface area contributed by atoms with E-state index in [9.17, 15) is 4.79 Å². The summed E-state index contributed by atoms with van der Waals surface area (Å²) < 4.78 is 0. The van der Waals surface area contributed by atoms with Crippen molar-refractivity contribution in [3.05, 3.63) is 29.8 Å². The Morgan fingerprint density at radius 2 is 1.89 bits per heavy atom. The van der Waals surface area contributed by atoms with Crippen molar-refractivity contribution in [2.24, 2.45) is 5.92 Å². The minimum absolute atomic E-state index is 0.355. The van der Waals surface area contributed by atoms with Gasteiger partial charge < -0.3 is 10.0 Å². The molecule has 0 bridgehead atoms. The summed E-state index contributed by atoms with van der Waals surface area (Å²) in [6.45, 7) is 9.68. The zero-order chi connectivity index (χ0) is 14.4. The summed E-state index contributed by atoms with van der Waals surface area (Å²) in [5, 5.41) is 9.10. The third kappa shape index (κ3) is 4.27. The molecule has 1 aromatic carbocycles. The summed E-state index contributed by atoms with van der Waals surface area (Å²) in [6.07, 6.45) is 1.01. The maximum Gasteiger partial charge on any atom is 0.308 e. The van der Waals surface area contributed by atoms with E-state index in [2.05, 4.69) is 37.8 Å². The number of nitrogens with zero attached hydrogens (tertiary/aromatic N) is 1. The molecule has 0 radical (unpaired) electrons. The molecule has 1 unspecified atom stereocenters. The second kappa shape index (κ2) is 7.17. The first kappa shape index (κ1) is 15.5. The van der Waals surface area contributed by atoms with Gasteiger partial charge in [0.15, 0.2) is 0 Å². The van der Waals surface area contributed by atoms with Crippen LogP contribution in [0.4, 0.5) is 5.69 Å². The third-order valence-corrected chi connectivity index (χ3v) is 3.31. The lowest BCUT2D eigenvalue weighted by molar-refractivity contribution is -0.140. The second-order valence-corrected chi connectivity index (χ2v) is 5.40. The molecule has 0 aliphatic rings. The molecule has 0 spiro atoms. The van der Waals surface area contributed by atoms with Gasteiger partial charge in [0.2, 0.25) is 0 Å². The standard InChI is InChI=1S/C16H25NO2/c1-5-10-17(11-13(4)16(18)19)15-9-7-6-8-14(15)12(2)3/h6-9,12-13H,5,10-11H2,1-4H3,(H,18,19). The number of carboxylic acid groups (broad SMARTS) is 1. The Kier molecular flexibility index (Phi) is 5.87. The summed E-state index contributed by atoms with van der Waals surface area (Å²) in [6, 6.07) is 8.30. The van der Waals surface area contributed by atoms with Crippen LogP contribution in [-0.2, 0) is 4.79 Å². The van der Waals surface area contributed by atoms with Crippen LogP contribution in [0.3, 0.4) is 0 Å². The highest BCUT2D eigenvalue weighted by Crippen LogP contribution is 2.28. The van der Waals surface area contributed by atoms with Gasteiger partial charge in [-0.05, 0) is 24.0 Å². The second-order valence-electron chi connectivity index (χ2n) is 5.40. The molecule has 0 saturated heterocycles. The fourth-order valence-electron chi connectivity index (χ4n) is 2.25. The fraction of sp³-hybridized carbons (Fsp3) is 0.562. The van der Waals surface area contributed by atoms with E-state index in [-0.39, 0.29) is 5.92 Å². The SMILES string of the molecule is CCCN(CC(C)C(=O)O)c1ccccc1C(C)C. The van der Waals surface area contributed by atoms with Gasteiger partial charge in [0.05, 0.1) is 5.92 Å². The number of carboxylic acids is 1. The molecule has 106 valence electrons. The average molecular weight is 263 g/mol. The molecule has 1 N–H and O–H groups in total. The highest BCUT2D eigenvalue weighted by molar-refractivity contribution is 5.70. The van der Waals surface area contributed by atoms with Crippen molar-refractivity contribution in [3.63, 3.8) is 0 Å². The lowest BCUT2D eigenvalue weighted by Crippen LogP contribution is -2.33. The quantitative estimate of drug-likeness (QED) is 0.814. The molecule has 0 aliphatic heterocycles. The molecular weight excluding hydrogens is 238 g/mol. The van der Waals surface area contributed by atoms with Crippen molar-refractivity contribution < 1.29 is 9.90 Å². The Morgan fingerprint density at radius 3 is 2.42 bits per heavy atom. The van der Waals surface area contributed by atoms with Gasteiger partial charge in [-0.25, -0.2) is 0 Å². The first-order chi connectivity index (χ1) is 8.97. The van der Waals surface area contributed by atoms with Gasteiger partial charge in [-0.2, -0.15) is 0 Å². The van der Waals surface area contributed by atoms with Crippen LogP contribution >= 0.6 is 0 Å². The topological polar surface area (TPSA) is 40.5 Å². The summed E-state index contributed by atoms with van der Waals surface area (Å²) in [4.78, 5) is 13.3. The van der Waals surface area contributed by atoms with Crippen molar-refractivity contribution in [2.75, 3.05) is 18.0 Å². The van der Waals surface area contributed by atoms with Gasteiger partial charge in [0.1, 0.15) is 0 Å². The Bertz CT molecular complexity index is 415. The van der Waals surface area contributed by atoms with E-state index in [1.54, 1.807) is 6.92 Å². The number of hydrogen-bond donors (Lipinski definition) is 1. The van der Waals surface area contributed by atoms with Crippen molar-refractivity contribution in [1.29, 1.82) is 0 Å². The number of anilines is 1. The van der Waals surface area contributed by atoms with Gasteiger partial charge in [-0.1, -0.05) is 45.9 Å². The van der Waals surface area contributed by atoms with Crippen LogP contribution in [0.25, 0.3) is 0 Å². The molecule has 0 saturated carbocycles. The van der Waals surface area contributed by atoms with Gasteiger partial charge in [0.25, 0.3) is 0 Å². The Balaban J connectivity index is 3.01. The molecule has 0 aliphatic carbocycles. The Hall–Kier alpha value is -1.51. The largest absolute Gasteiger partial charge is 0.481 e. The van der Waals surface area contributed by atoms with E-state index in [4.69, 9.17) is 5.11 Å². The van der Waals surface area contributed by atoms with Gasteiger partial charge in [-0.15, -0.1) is 0 Å². The van der Waals surface area contributed by atoms with E-state index in [0.717, 1.165) is 13.0 Å². The van der Waals surface area contributed by atoms with Gasteiger partial charge in [0, 0.05) is 18.8 Å². The van der Waals surface area contributed by atoms with Gasteiger partial charge in [-0.3, -0.25) is 4.79 Å². The summed E-state index contributed by atoms with van der Waals surface area (Å²) in [5.74, 6) is -0.648. The Labute approximate surface area is 116 Å². The van der Waals surface area contributed by atoms with Crippen LogP contribution in [0, 0.1) is 5.92 Å². The number of aliphatic carboxylic acids is 1. The smallest absolute Gasteiger partial charge is 0.308 e. The van der Waals surface area contributed by atoms with E-state index >= 15 is 0 Å². The number of carbonyl (C=O) groups is 1. The molecule has 1 rings (SSSR count). The van der Waals surface area contributed by atoms with Crippen LogP contribution in [0.2, 0.25) is 0 Å². The molecule has 19 heavy (non-hydrogen) atoms. The number of para-hydroxylation sites is 1. The molecule has 0 aromatic heterocycles. The van der Waals surface area contributed by atoms with Crippen molar-refractivity contribution in [1.82, 2.24) is 0 Å². The first-order valence-corrected chi connectivity index (χ1v) is 7.04. The Morgan fingerprint density at radius 1 is 1.26 bits per heavy atom. The highest BCUT2D eigenvalue weighted by Gasteiger charge is 2.18. The van der Waals surface area contributed by atoms with Crippen molar-refractivity contribution in [2.45, 2.75) is 40.0 Å². The summed E-state index contributed by atoms with van der Waals surface area (Å²) >= 11 is 0. The van der Waals surface area contributed by atoms with E-state index in [1.807, 2.05) is 12.1 Å². The predicted molar refractivity (Wildman–Crippen MR) is 79.8 cm³/mol. The van der Waals surface area contributed by atoms with Crippen LogP contribution in [0.15, 0.2) is 24.3 Å². The van der Waals surface area contributed by atoms with Crippen LogP contribution in [0.1, 0.15) is 45.6 Å². The van der Waals surface area contributed by atoms with Crippen LogP contribution in [0.5, 0.6) is 0 Å². The normalized spacial score (nSPS) is 12.5. The van der Waals surface area contributed by atoms with Crippen LogP contribution < -0.4 is 4.90 Å². The van der Waals surface area contributed by atoms with E-state index in [0.29, 0.717) is 12.5 Å². The predicted octanol–water partition coefficient (Wildman–Crippen LogP) is 3.75. The first-order valence-electron chi connectivity index (χ1n) is 7.04. The zero-order valence-electron chi connectivity index (χ0n) is 12.4. The van der Waals surface area contributed by atoms with Crippen LogP contribution in [-0.4, -0.2) is 24.2 Å². The lowest BCUT2D eigenvalue weighted by atomic mass is 9.99. The molecular formula is C16H25NO2. The van der Waals surface area contributed by atoms with E-state index < -0.39 is 5.97 Å². The average Bonchev–Trinajstić information content (AvgIpc) is 2.37. The minimum Gasteiger partial charge on any atom is -0.481 e. The van der Waals surface area contributed by atoms with Crippen molar-refractivity contribution in [3.8, 4) is 0 Å².